The van der Waals surface area contributed by atoms with Crippen molar-refractivity contribution in [3.8, 4) is 28.7 Å². The molecular formula is C25H33N5O4. The van der Waals surface area contributed by atoms with E-state index >= 15 is 0 Å². The van der Waals surface area contributed by atoms with Crippen LogP contribution in [0.2, 0.25) is 0 Å². The van der Waals surface area contributed by atoms with Gasteiger partial charge in [-0.05, 0) is 71.2 Å². The lowest BCUT2D eigenvalue weighted by atomic mass is 9.99. The number of hydrogen-bond donors (Lipinski definition) is 2. The average molecular weight is 468 g/mol. The lowest BCUT2D eigenvalue weighted by Crippen LogP contribution is -2.33. The van der Waals surface area contributed by atoms with Crippen molar-refractivity contribution in [3.63, 3.8) is 0 Å². The number of rotatable bonds is 10. The fourth-order valence-electron chi connectivity index (χ4n) is 3.66. The first kappa shape index (κ1) is 25.2. The minimum Gasteiger partial charge on any atom is -0.497 e. The Kier molecular flexibility index (Phi) is 7.88. The van der Waals surface area contributed by atoms with Crippen molar-refractivity contribution in [1.82, 2.24) is 25.1 Å². The van der Waals surface area contributed by atoms with Crippen LogP contribution >= 0.6 is 0 Å². The van der Waals surface area contributed by atoms with E-state index in [1.54, 1.807) is 45.0 Å². The van der Waals surface area contributed by atoms with Crippen molar-refractivity contribution in [2.45, 2.75) is 58.6 Å². The Balaban J connectivity index is 1.79. The topological polar surface area (TPSA) is 111 Å². The fraction of sp³-hybridized carbons (Fsp3) is 0.440. The number of hydrogen-bond acceptors (Lipinski definition) is 7. The molecule has 2 aromatic heterocycles. The summed E-state index contributed by atoms with van der Waals surface area (Å²) in [5.74, 6) is 1.48. The third-order valence-corrected chi connectivity index (χ3v) is 5.57. The summed E-state index contributed by atoms with van der Waals surface area (Å²) in [5, 5.41) is 17.2. The molecule has 0 saturated heterocycles. The third-order valence-electron chi connectivity index (χ3n) is 5.57. The van der Waals surface area contributed by atoms with Gasteiger partial charge in [-0.1, -0.05) is 0 Å². The van der Waals surface area contributed by atoms with Crippen LogP contribution in [0, 0.1) is 6.92 Å². The SMILES string of the molecule is COc1ccc(OC)c(-c2ccnc(-n3ncc(C(=O)NC(C)CCCC(C)(C)O)c3C)n2)c1. The standard InChI is InChI=1S/C25H33N5O4/c1-16(8-7-12-25(3,4)32)28-23(31)20-15-27-30(17(20)2)24-26-13-11-21(29-24)19-14-18(33-5)9-10-22(19)34-6/h9-11,13-16,32H,7-8,12H2,1-6H3,(H,28,31). The molecule has 0 radical (unpaired) electrons. The Morgan fingerprint density at radius 2 is 2.00 bits per heavy atom. The van der Waals surface area contributed by atoms with Crippen LogP contribution < -0.4 is 14.8 Å². The molecule has 1 atom stereocenters. The van der Waals surface area contributed by atoms with E-state index < -0.39 is 5.60 Å². The van der Waals surface area contributed by atoms with Crippen LogP contribution in [-0.4, -0.2) is 56.6 Å². The predicted octanol–water partition coefficient (Wildman–Crippen LogP) is 3.71. The number of aromatic nitrogens is 4. The summed E-state index contributed by atoms with van der Waals surface area (Å²) < 4.78 is 12.4. The Hall–Kier alpha value is -3.46. The molecule has 3 aromatic rings. The van der Waals surface area contributed by atoms with Crippen LogP contribution in [-0.2, 0) is 0 Å². The van der Waals surface area contributed by atoms with Gasteiger partial charge in [0.25, 0.3) is 11.9 Å². The van der Waals surface area contributed by atoms with E-state index in [0.717, 1.165) is 18.4 Å². The quantitative estimate of drug-likeness (QED) is 0.467. The summed E-state index contributed by atoms with van der Waals surface area (Å²) in [5.41, 5.74) is 1.79. The summed E-state index contributed by atoms with van der Waals surface area (Å²) >= 11 is 0. The molecule has 0 aliphatic heterocycles. The Morgan fingerprint density at radius 1 is 1.24 bits per heavy atom. The molecule has 182 valence electrons. The van der Waals surface area contributed by atoms with Crippen LogP contribution in [0.5, 0.6) is 11.5 Å². The maximum atomic E-state index is 12.8. The Morgan fingerprint density at radius 3 is 2.68 bits per heavy atom. The van der Waals surface area contributed by atoms with E-state index in [4.69, 9.17) is 9.47 Å². The zero-order valence-corrected chi connectivity index (χ0v) is 20.6. The number of nitrogens with one attached hydrogen (secondary N) is 1. The molecule has 0 aliphatic carbocycles. The van der Waals surface area contributed by atoms with Gasteiger partial charge < -0.3 is 19.9 Å². The number of methoxy groups -OCH3 is 2. The molecule has 0 saturated carbocycles. The first-order valence-electron chi connectivity index (χ1n) is 11.3. The molecule has 0 bridgehead atoms. The molecule has 0 spiro atoms. The van der Waals surface area contributed by atoms with Gasteiger partial charge in [-0.3, -0.25) is 4.79 Å². The van der Waals surface area contributed by atoms with Gasteiger partial charge in [-0.2, -0.15) is 5.10 Å². The lowest BCUT2D eigenvalue weighted by molar-refractivity contribution is 0.0674. The highest BCUT2D eigenvalue weighted by molar-refractivity contribution is 5.95. The number of ether oxygens (including phenoxy) is 2. The van der Waals surface area contributed by atoms with E-state index in [2.05, 4.69) is 20.4 Å². The summed E-state index contributed by atoms with van der Waals surface area (Å²) in [7, 11) is 3.20. The van der Waals surface area contributed by atoms with Crippen LogP contribution in [0.4, 0.5) is 0 Å². The fourth-order valence-corrected chi connectivity index (χ4v) is 3.66. The van der Waals surface area contributed by atoms with Gasteiger partial charge >= 0.3 is 0 Å². The zero-order valence-electron chi connectivity index (χ0n) is 20.6. The molecule has 0 fully saturated rings. The maximum Gasteiger partial charge on any atom is 0.254 e. The average Bonchev–Trinajstić information content (AvgIpc) is 3.19. The number of nitrogens with zero attached hydrogens (tertiary/aromatic N) is 4. The molecular weight excluding hydrogens is 434 g/mol. The molecule has 34 heavy (non-hydrogen) atoms. The molecule has 9 nitrogen and oxygen atoms in total. The molecule has 1 amide bonds. The van der Waals surface area contributed by atoms with E-state index in [1.807, 2.05) is 32.0 Å². The van der Waals surface area contributed by atoms with E-state index in [1.165, 1.54) is 6.20 Å². The highest BCUT2D eigenvalue weighted by atomic mass is 16.5. The van der Waals surface area contributed by atoms with E-state index in [-0.39, 0.29) is 11.9 Å². The highest BCUT2D eigenvalue weighted by Gasteiger charge is 2.20. The minimum absolute atomic E-state index is 0.0299. The molecule has 0 aliphatic rings. The van der Waals surface area contributed by atoms with Gasteiger partial charge in [-0.15, -0.1) is 0 Å². The predicted molar refractivity (Wildman–Crippen MR) is 130 cm³/mol. The van der Waals surface area contributed by atoms with Gasteiger partial charge in [0, 0.05) is 17.8 Å². The zero-order chi connectivity index (χ0) is 24.9. The van der Waals surface area contributed by atoms with Gasteiger partial charge in [-0.25, -0.2) is 14.6 Å². The molecule has 2 N–H and O–H groups in total. The molecule has 9 heteroatoms. The van der Waals surface area contributed by atoms with Crippen molar-refractivity contribution < 1.29 is 19.4 Å². The number of carbonyl (C=O) groups excluding carboxylic acids is 1. The second-order valence-electron chi connectivity index (χ2n) is 8.94. The van der Waals surface area contributed by atoms with Gasteiger partial charge in [0.2, 0.25) is 0 Å². The monoisotopic (exact) mass is 467 g/mol. The summed E-state index contributed by atoms with van der Waals surface area (Å²) in [6.45, 7) is 7.34. The minimum atomic E-state index is -0.703. The Labute approximate surface area is 200 Å². The molecule has 1 unspecified atom stereocenters. The molecule has 2 heterocycles. The first-order valence-corrected chi connectivity index (χ1v) is 11.3. The lowest BCUT2D eigenvalue weighted by Gasteiger charge is -2.19. The van der Waals surface area contributed by atoms with Crippen molar-refractivity contribution in [3.05, 3.63) is 47.9 Å². The second kappa shape index (κ2) is 10.6. The second-order valence-corrected chi connectivity index (χ2v) is 8.94. The molecule has 1 aromatic carbocycles. The summed E-state index contributed by atoms with van der Waals surface area (Å²) in [6.07, 6.45) is 5.43. The highest BCUT2D eigenvalue weighted by Crippen LogP contribution is 2.32. The van der Waals surface area contributed by atoms with Crippen LogP contribution in [0.25, 0.3) is 17.2 Å². The van der Waals surface area contributed by atoms with E-state index in [9.17, 15) is 9.90 Å². The van der Waals surface area contributed by atoms with Crippen molar-refractivity contribution in [2.24, 2.45) is 0 Å². The number of carbonyl (C=O) groups is 1. The van der Waals surface area contributed by atoms with Crippen molar-refractivity contribution in [2.75, 3.05) is 14.2 Å². The van der Waals surface area contributed by atoms with Gasteiger partial charge in [0.05, 0.1) is 43.0 Å². The van der Waals surface area contributed by atoms with Crippen LogP contribution in [0.15, 0.2) is 36.7 Å². The van der Waals surface area contributed by atoms with Gasteiger partial charge in [0.15, 0.2) is 0 Å². The summed E-state index contributed by atoms with van der Waals surface area (Å²) in [4.78, 5) is 21.8. The number of benzene rings is 1. The van der Waals surface area contributed by atoms with Crippen LogP contribution in [0.3, 0.4) is 0 Å². The number of aliphatic hydroxyl groups is 1. The Bertz CT molecular complexity index is 1140. The maximum absolute atomic E-state index is 12.8. The van der Waals surface area contributed by atoms with Crippen LogP contribution in [0.1, 0.15) is 56.1 Å². The first-order chi connectivity index (χ1) is 16.1. The normalized spacial score (nSPS) is 12.3. The van der Waals surface area contributed by atoms with Crippen molar-refractivity contribution in [1.29, 1.82) is 0 Å². The summed E-state index contributed by atoms with van der Waals surface area (Å²) in [6, 6.07) is 7.23. The van der Waals surface area contributed by atoms with Crippen molar-refractivity contribution >= 4 is 5.91 Å². The van der Waals surface area contributed by atoms with Gasteiger partial charge in [0.1, 0.15) is 11.5 Å². The largest absolute Gasteiger partial charge is 0.497 e. The smallest absolute Gasteiger partial charge is 0.254 e. The van der Waals surface area contributed by atoms with E-state index in [0.29, 0.717) is 40.8 Å². The third kappa shape index (κ3) is 6.11. The molecule has 3 rings (SSSR count). The number of amides is 1.